The van der Waals surface area contributed by atoms with Gasteiger partial charge in [0, 0.05) is 36.5 Å². The molecule has 1 aromatic heterocycles. The lowest BCUT2D eigenvalue weighted by Crippen LogP contribution is -2.24. The summed E-state index contributed by atoms with van der Waals surface area (Å²) in [5, 5.41) is 8.99. The third-order valence-corrected chi connectivity index (χ3v) is 3.72. The molecule has 0 bridgehead atoms. The van der Waals surface area contributed by atoms with Crippen LogP contribution in [0.1, 0.15) is 30.1 Å². The van der Waals surface area contributed by atoms with E-state index in [0.29, 0.717) is 30.0 Å². The Bertz CT molecular complexity index is 696. The predicted molar refractivity (Wildman–Crippen MR) is 92.3 cm³/mol. The van der Waals surface area contributed by atoms with E-state index in [4.69, 9.17) is 4.74 Å². The maximum absolute atomic E-state index is 11.7. The highest BCUT2D eigenvalue weighted by molar-refractivity contribution is 7.08. The summed E-state index contributed by atoms with van der Waals surface area (Å²) in [6.45, 7) is 1.83. The molecule has 0 atom stereocenters. The van der Waals surface area contributed by atoms with Crippen LogP contribution in [0, 0.1) is 0 Å². The minimum atomic E-state index is -0.368. The van der Waals surface area contributed by atoms with Gasteiger partial charge in [0.15, 0.2) is 0 Å². The van der Waals surface area contributed by atoms with Crippen LogP contribution in [0.15, 0.2) is 41.1 Å². The number of carbonyl (C=O) groups excluding carboxylic acids is 3. The maximum atomic E-state index is 11.7. The number of nitrogens with one attached hydrogen (secondary N) is 2. The van der Waals surface area contributed by atoms with E-state index < -0.39 is 0 Å². The molecule has 0 aliphatic carbocycles. The van der Waals surface area contributed by atoms with Gasteiger partial charge in [-0.2, -0.15) is 11.3 Å². The van der Waals surface area contributed by atoms with Crippen molar-refractivity contribution >= 4 is 34.8 Å². The quantitative estimate of drug-likeness (QED) is 0.459. The zero-order valence-corrected chi connectivity index (χ0v) is 14.0. The molecule has 24 heavy (non-hydrogen) atoms. The van der Waals surface area contributed by atoms with E-state index in [1.165, 1.54) is 18.3 Å². The summed E-state index contributed by atoms with van der Waals surface area (Å²) in [6.07, 6.45) is 0.704. The second-order valence-corrected chi connectivity index (χ2v) is 5.83. The minimum Gasteiger partial charge on any atom is -0.427 e. The van der Waals surface area contributed by atoms with Gasteiger partial charge in [-0.3, -0.25) is 14.4 Å². The Balaban J connectivity index is 1.67. The molecule has 2 aromatic rings. The Labute approximate surface area is 143 Å². The van der Waals surface area contributed by atoms with Crippen molar-refractivity contribution in [2.45, 2.75) is 19.8 Å². The fourth-order valence-corrected chi connectivity index (χ4v) is 2.56. The molecule has 6 nitrogen and oxygen atoms in total. The summed E-state index contributed by atoms with van der Waals surface area (Å²) in [5.41, 5.74) is 1.26. The zero-order chi connectivity index (χ0) is 17.4. The van der Waals surface area contributed by atoms with Gasteiger partial charge in [0.2, 0.25) is 5.91 Å². The summed E-state index contributed by atoms with van der Waals surface area (Å²) in [7, 11) is 0. The zero-order valence-electron chi connectivity index (χ0n) is 13.2. The normalized spacial score (nSPS) is 10.0. The molecule has 1 aromatic carbocycles. The van der Waals surface area contributed by atoms with Crippen LogP contribution in [0.2, 0.25) is 0 Å². The van der Waals surface area contributed by atoms with Crippen molar-refractivity contribution in [3.63, 3.8) is 0 Å². The topological polar surface area (TPSA) is 84.5 Å². The van der Waals surface area contributed by atoms with E-state index in [2.05, 4.69) is 10.6 Å². The van der Waals surface area contributed by atoms with Gasteiger partial charge in [0.1, 0.15) is 5.75 Å². The van der Waals surface area contributed by atoms with Crippen molar-refractivity contribution < 1.29 is 19.1 Å². The standard InChI is InChI=1S/C17H18N2O4S/c1-12(20)19-14-4-6-15(7-5-14)23-16(21)3-2-9-18-17(22)13-8-10-24-11-13/h4-8,10-11H,2-3,9H2,1H3,(H,18,22)(H,19,20). The fraction of sp³-hybridized carbons (Fsp3) is 0.235. The first-order chi connectivity index (χ1) is 11.5. The van der Waals surface area contributed by atoms with Crippen LogP contribution in [0.5, 0.6) is 5.75 Å². The van der Waals surface area contributed by atoms with Crippen LogP contribution in [0.3, 0.4) is 0 Å². The number of benzene rings is 1. The molecule has 2 amide bonds. The molecular formula is C17H18N2O4S. The van der Waals surface area contributed by atoms with Gasteiger partial charge in [0.25, 0.3) is 5.91 Å². The number of esters is 1. The number of thiophene rings is 1. The van der Waals surface area contributed by atoms with Gasteiger partial charge in [0.05, 0.1) is 0 Å². The predicted octanol–water partition coefficient (Wildman–Crippen LogP) is 2.82. The highest BCUT2D eigenvalue weighted by atomic mass is 32.1. The van der Waals surface area contributed by atoms with Crippen LogP contribution < -0.4 is 15.4 Å². The van der Waals surface area contributed by atoms with Gasteiger partial charge in [-0.25, -0.2) is 0 Å². The van der Waals surface area contributed by atoms with E-state index in [1.807, 2.05) is 5.38 Å². The molecule has 2 rings (SSSR count). The number of carbonyl (C=O) groups is 3. The first-order valence-electron chi connectivity index (χ1n) is 7.43. The molecule has 0 saturated heterocycles. The van der Waals surface area contributed by atoms with Crippen molar-refractivity contribution in [2.75, 3.05) is 11.9 Å². The highest BCUT2D eigenvalue weighted by Gasteiger charge is 2.07. The lowest BCUT2D eigenvalue weighted by Gasteiger charge is -2.07. The summed E-state index contributed by atoms with van der Waals surface area (Å²) in [6, 6.07) is 8.29. The lowest BCUT2D eigenvalue weighted by molar-refractivity contribution is -0.134. The molecule has 0 aliphatic heterocycles. The second-order valence-electron chi connectivity index (χ2n) is 5.05. The largest absolute Gasteiger partial charge is 0.427 e. The summed E-state index contributed by atoms with van der Waals surface area (Å²) in [5.74, 6) is -0.258. The number of hydrogen-bond donors (Lipinski definition) is 2. The molecule has 0 fully saturated rings. The molecule has 1 heterocycles. The van der Waals surface area contributed by atoms with Crippen LogP contribution in [-0.4, -0.2) is 24.3 Å². The average Bonchev–Trinajstić information content (AvgIpc) is 3.07. The molecular weight excluding hydrogens is 328 g/mol. The smallest absolute Gasteiger partial charge is 0.311 e. The number of rotatable bonds is 7. The van der Waals surface area contributed by atoms with Gasteiger partial charge in [-0.1, -0.05) is 0 Å². The molecule has 0 unspecified atom stereocenters. The van der Waals surface area contributed by atoms with Gasteiger partial charge in [-0.05, 0) is 42.1 Å². The SMILES string of the molecule is CC(=O)Nc1ccc(OC(=O)CCCNC(=O)c2ccsc2)cc1. The molecule has 7 heteroatoms. The Morgan fingerprint density at radius 1 is 1.12 bits per heavy atom. The average molecular weight is 346 g/mol. The van der Waals surface area contributed by atoms with Crippen molar-refractivity contribution in [3.05, 3.63) is 46.7 Å². The Hall–Kier alpha value is -2.67. The van der Waals surface area contributed by atoms with E-state index in [-0.39, 0.29) is 24.2 Å². The highest BCUT2D eigenvalue weighted by Crippen LogP contribution is 2.16. The minimum absolute atomic E-state index is 0.141. The van der Waals surface area contributed by atoms with Crippen LogP contribution in [0.4, 0.5) is 5.69 Å². The Morgan fingerprint density at radius 2 is 1.88 bits per heavy atom. The third kappa shape index (κ3) is 5.85. The third-order valence-electron chi connectivity index (χ3n) is 3.03. The summed E-state index contributed by atoms with van der Waals surface area (Å²) < 4.78 is 5.19. The Morgan fingerprint density at radius 3 is 2.50 bits per heavy atom. The van der Waals surface area contributed by atoms with Crippen molar-refractivity contribution in [3.8, 4) is 5.75 Å². The first-order valence-corrected chi connectivity index (χ1v) is 8.37. The molecule has 126 valence electrons. The maximum Gasteiger partial charge on any atom is 0.311 e. The van der Waals surface area contributed by atoms with Crippen LogP contribution in [0.25, 0.3) is 0 Å². The molecule has 0 spiro atoms. The van der Waals surface area contributed by atoms with Crippen molar-refractivity contribution in [1.82, 2.24) is 5.32 Å². The number of amides is 2. The summed E-state index contributed by atoms with van der Waals surface area (Å²) in [4.78, 5) is 34.4. The Kier molecular flexibility index (Phi) is 6.51. The van der Waals surface area contributed by atoms with Crippen LogP contribution >= 0.6 is 11.3 Å². The van der Waals surface area contributed by atoms with Crippen molar-refractivity contribution in [1.29, 1.82) is 0 Å². The van der Waals surface area contributed by atoms with Crippen molar-refractivity contribution in [2.24, 2.45) is 0 Å². The van der Waals surface area contributed by atoms with Gasteiger partial charge < -0.3 is 15.4 Å². The molecule has 0 saturated carbocycles. The van der Waals surface area contributed by atoms with E-state index in [0.717, 1.165) is 0 Å². The second kappa shape index (κ2) is 8.83. The van der Waals surface area contributed by atoms with E-state index in [1.54, 1.807) is 35.7 Å². The fourth-order valence-electron chi connectivity index (χ4n) is 1.92. The number of anilines is 1. The number of hydrogen-bond acceptors (Lipinski definition) is 5. The molecule has 0 aliphatic rings. The van der Waals surface area contributed by atoms with E-state index in [9.17, 15) is 14.4 Å². The van der Waals surface area contributed by atoms with Crippen LogP contribution in [-0.2, 0) is 9.59 Å². The van der Waals surface area contributed by atoms with E-state index >= 15 is 0 Å². The van der Waals surface area contributed by atoms with Gasteiger partial charge in [-0.15, -0.1) is 0 Å². The number of ether oxygens (including phenoxy) is 1. The molecule has 0 radical (unpaired) electrons. The van der Waals surface area contributed by atoms with Gasteiger partial charge >= 0.3 is 5.97 Å². The summed E-state index contributed by atoms with van der Waals surface area (Å²) >= 11 is 1.46. The first kappa shape index (κ1) is 17.7. The monoisotopic (exact) mass is 346 g/mol. The molecule has 2 N–H and O–H groups in total. The lowest BCUT2D eigenvalue weighted by atomic mass is 10.2.